The van der Waals surface area contributed by atoms with Crippen LogP contribution in [-0.2, 0) is 6.54 Å². The van der Waals surface area contributed by atoms with E-state index >= 15 is 0 Å². The van der Waals surface area contributed by atoms with Crippen molar-refractivity contribution < 1.29 is 4.74 Å². The summed E-state index contributed by atoms with van der Waals surface area (Å²) in [7, 11) is 1.69. The Balaban J connectivity index is 1.18. The summed E-state index contributed by atoms with van der Waals surface area (Å²) in [6.07, 6.45) is 2.11. The van der Waals surface area contributed by atoms with Gasteiger partial charge in [-0.15, -0.1) is 10.2 Å². The highest BCUT2D eigenvalue weighted by molar-refractivity contribution is 6.30. The minimum atomic E-state index is 0.345. The minimum absolute atomic E-state index is 0.345. The van der Waals surface area contributed by atoms with Gasteiger partial charge in [-0.2, -0.15) is 0 Å². The number of rotatable bonds is 6. The lowest BCUT2D eigenvalue weighted by Crippen LogP contribution is -2.38. The van der Waals surface area contributed by atoms with Gasteiger partial charge in [0.25, 0.3) is 0 Å². The predicted octanol–water partition coefficient (Wildman–Crippen LogP) is 7.19. The summed E-state index contributed by atoms with van der Waals surface area (Å²) in [5, 5.41) is 18.3. The van der Waals surface area contributed by atoms with Gasteiger partial charge >= 0.3 is 0 Å². The van der Waals surface area contributed by atoms with Gasteiger partial charge in [0.2, 0.25) is 0 Å². The van der Waals surface area contributed by atoms with E-state index in [0.717, 1.165) is 66.1 Å². The summed E-state index contributed by atoms with van der Waals surface area (Å²) in [6, 6.07) is 29.5. The van der Waals surface area contributed by atoms with Crippen LogP contribution in [0.1, 0.15) is 18.4 Å². The predicted molar refractivity (Wildman–Crippen MR) is 152 cm³/mol. The summed E-state index contributed by atoms with van der Waals surface area (Å²) in [6.45, 7) is 3.07. The van der Waals surface area contributed by atoms with Crippen molar-refractivity contribution in [2.75, 3.05) is 25.5 Å². The largest absolute Gasteiger partial charge is 0.497 e. The van der Waals surface area contributed by atoms with Crippen molar-refractivity contribution in [3.63, 3.8) is 0 Å². The fourth-order valence-corrected chi connectivity index (χ4v) is 5.34. The molecule has 0 atom stereocenters. The molecule has 1 aliphatic heterocycles. The number of fused-ring (bicyclic) bond motifs is 2. The number of anilines is 1. The van der Waals surface area contributed by atoms with Crippen molar-refractivity contribution >= 4 is 39.0 Å². The van der Waals surface area contributed by atoms with Gasteiger partial charge in [0, 0.05) is 47.0 Å². The number of ether oxygens (including phenoxy) is 1. The van der Waals surface area contributed by atoms with Gasteiger partial charge in [0.05, 0.1) is 7.11 Å². The van der Waals surface area contributed by atoms with E-state index in [9.17, 15) is 0 Å². The molecule has 1 aromatic heterocycles. The van der Waals surface area contributed by atoms with Crippen LogP contribution in [0.15, 0.2) is 84.9 Å². The molecule has 0 saturated carbocycles. The molecule has 1 fully saturated rings. The van der Waals surface area contributed by atoms with E-state index in [1.807, 2.05) is 36.4 Å². The highest BCUT2D eigenvalue weighted by atomic mass is 35.5. The van der Waals surface area contributed by atoms with Crippen LogP contribution in [0.2, 0.25) is 5.02 Å². The number of hydrogen-bond donors (Lipinski definition) is 1. The van der Waals surface area contributed by atoms with Crippen LogP contribution in [0, 0.1) is 0 Å². The topological polar surface area (TPSA) is 50.3 Å². The maximum Gasteiger partial charge on any atom is 0.156 e. The van der Waals surface area contributed by atoms with Gasteiger partial charge in [0.15, 0.2) is 5.82 Å². The quantitative estimate of drug-likeness (QED) is 0.263. The Hall–Kier alpha value is -3.67. The molecule has 1 saturated heterocycles. The van der Waals surface area contributed by atoms with Crippen LogP contribution in [0.25, 0.3) is 32.8 Å². The number of benzene rings is 4. The summed E-state index contributed by atoms with van der Waals surface area (Å²) in [5.74, 6) is 1.61. The second kappa shape index (κ2) is 10.4. The fraction of sp³-hybridized carbons (Fsp3) is 0.226. The van der Waals surface area contributed by atoms with Crippen LogP contribution >= 0.6 is 11.6 Å². The van der Waals surface area contributed by atoms with Gasteiger partial charge in [-0.25, -0.2) is 0 Å². The zero-order chi connectivity index (χ0) is 25.2. The monoisotopic (exact) mass is 508 g/mol. The van der Waals surface area contributed by atoms with E-state index in [1.54, 1.807) is 7.11 Å². The third-order valence-electron chi connectivity index (χ3n) is 7.25. The maximum atomic E-state index is 6.10. The molecule has 4 aromatic carbocycles. The first-order valence-electron chi connectivity index (χ1n) is 12.7. The molecule has 1 aliphatic rings. The van der Waals surface area contributed by atoms with Crippen molar-refractivity contribution in [3.8, 4) is 17.0 Å². The van der Waals surface area contributed by atoms with Crippen LogP contribution in [0.5, 0.6) is 5.75 Å². The van der Waals surface area contributed by atoms with E-state index in [4.69, 9.17) is 16.3 Å². The Morgan fingerprint density at radius 3 is 2.43 bits per heavy atom. The van der Waals surface area contributed by atoms with Gasteiger partial charge in [-0.3, -0.25) is 4.90 Å². The average molecular weight is 509 g/mol. The number of likely N-dealkylation sites (tertiary alicyclic amines) is 1. The van der Waals surface area contributed by atoms with Gasteiger partial charge in [-0.05, 0) is 65.6 Å². The van der Waals surface area contributed by atoms with Crippen molar-refractivity contribution in [2.24, 2.45) is 0 Å². The number of nitrogens with zero attached hydrogens (tertiary/aromatic N) is 3. The zero-order valence-corrected chi connectivity index (χ0v) is 21.6. The molecule has 0 spiro atoms. The fourth-order valence-electron chi connectivity index (χ4n) is 5.21. The Kier molecular flexibility index (Phi) is 6.64. The minimum Gasteiger partial charge on any atom is -0.497 e. The van der Waals surface area contributed by atoms with Crippen LogP contribution in [0.3, 0.4) is 0 Å². The normalized spacial score (nSPS) is 14.8. The molecular formula is C31H29ClN4O. The summed E-state index contributed by atoms with van der Waals surface area (Å²) in [5.41, 5.74) is 3.19. The molecule has 5 aromatic rings. The number of nitrogens with one attached hydrogen (secondary N) is 1. The van der Waals surface area contributed by atoms with Gasteiger partial charge in [0.1, 0.15) is 11.4 Å². The summed E-state index contributed by atoms with van der Waals surface area (Å²) < 4.78 is 5.53. The molecule has 0 unspecified atom stereocenters. The lowest BCUT2D eigenvalue weighted by Gasteiger charge is -2.32. The number of halogens is 1. The molecule has 0 radical (unpaired) electrons. The molecule has 6 heteroatoms. The molecule has 0 aliphatic carbocycles. The lowest BCUT2D eigenvalue weighted by molar-refractivity contribution is 0.211. The SMILES string of the molecule is COc1ccc2c(-c3ccc(Cl)cc3)nnc(NC3CCN(Cc4ccc5ccccc5c4)CC3)c2c1. The Morgan fingerprint density at radius 2 is 1.65 bits per heavy atom. The molecule has 6 rings (SSSR count). The summed E-state index contributed by atoms with van der Waals surface area (Å²) in [4.78, 5) is 2.54. The first kappa shape index (κ1) is 23.7. The molecule has 0 bridgehead atoms. The Morgan fingerprint density at radius 1 is 0.865 bits per heavy atom. The Bertz CT molecular complexity index is 1550. The number of hydrogen-bond acceptors (Lipinski definition) is 5. The molecule has 2 heterocycles. The highest BCUT2D eigenvalue weighted by Gasteiger charge is 2.21. The molecular weight excluding hydrogens is 480 g/mol. The second-order valence-corrected chi connectivity index (χ2v) is 10.1. The second-order valence-electron chi connectivity index (χ2n) is 9.69. The number of methoxy groups -OCH3 is 1. The summed E-state index contributed by atoms with van der Waals surface area (Å²) >= 11 is 6.10. The van der Waals surface area contributed by atoms with Crippen molar-refractivity contribution in [2.45, 2.75) is 25.4 Å². The standard InChI is InChI=1S/C31H29ClN4O/c1-37-27-12-13-28-29(19-27)31(35-34-30(28)23-8-10-25(32)11-9-23)33-26-14-16-36(17-15-26)20-21-6-7-22-4-2-3-5-24(22)18-21/h2-13,18-19,26H,14-17,20H2,1H3,(H,33,35). The molecule has 186 valence electrons. The first-order valence-corrected chi connectivity index (χ1v) is 13.1. The Labute approximate surface area is 222 Å². The van der Waals surface area contributed by atoms with E-state index in [1.165, 1.54) is 16.3 Å². The first-order chi connectivity index (χ1) is 18.2. The van der Waals surface area contributed by atoms with Crippen molar-refractivity contribution in [3.05, 3.63) is 95.5 Å². The van der Waals surface area contributed by atoms with Gasteiger partial charge < -0.3 is 10.1 Å². The van der Waals surface area contributed by atoms with Crippen LogP contribution < -0.4 is 10.1 Å². The maximum absolute atomic E-state index is 6.10. The van der Waals surface area contributed by atoms with Crippen LogP contribution in [0.4, 0.5) is 5.82 Å². The highest BCUT2D eigenvalue weighted by Crippen LogP contribution is 2.33. The van der Waals surface area contributed by atoms with Gasteiger partial charge in [-0.1, -0.05) is 60.1 Å². The molecule has 37 heavy (non-hydrogen) atoms. The molecule has 1 N–H and O–H groups in total. The van der Waals surface area contributed by atoms with E-state index in [0.29, 0.717) is 11.1 Å². The van der Waals surface area contributed by atoms with Crippen molar-refractivity contribution in [1.29, 1.82) is 0 Å². The number of aromatic nitrogens is 2. The smallest absolute Gasteiger partial charge is 0.156 e. The van der Waals surface area contributed by atoms with E-state index in [-0.39, 0.29) is 0 Å². The molecule has 5 nitrogen and oxygen atoms in total. The van der Waals surface area contributed by atoms with Crippen molar-refractivity contribution in [1.82, 2.24) is 15.1 Å². The third kappa shape index (κ3) is 5.10. The average Bonchev–Trinajstić information content (AvgIpc) is 2.94. The lowest BCUT2D eigenvalue weighted by atomic mass is 10.0. The molecule has 0 amide bonds. The van der Waals surface area contributed by atoms with E-state index < -0.39 is 0 Å². The van der Waals surface area contributed by atoms with E-state index in [2.05, 4.69) is 68.9 Å². The zero-order valence-electron chi connectivity index (χ0n) is 20.8. The third-order valence-corrected chi connectivity index (χ3v) is 7.51. The van der Waals surface area contributed by atoms with Crippen LogP contribution in [-0.4, -0.2) is 41.3 Å². The number of piperidine rings is 1.